The largest absolute Gasteiger partial charge is 0.478 e. The van der Waals surface area contributed by atoms with Crippen molar-refractivity contribution in [1.29, 1.82) is 0 Å². The second-order valence-corrected chi connectivity index (χ2v) is 7.99. The van der Waals surface area contributed by atoms with Gasteiger partial charge in [0.15, 0.2) is 0 Å². The highest BCUT2D eigenvalue weighted by molar-refractivity contribution is 9.15. The molecule has 0 radical (unpaired) electrons. The second-order valence-electron chi connectivity index (χ2n) is 4.82. The molecule has 0 aromatic heterocycles. The van der Waals surface area contributed by atoms with Crippen molar-refractivity contribution in [1.82, 2.24) is 5.32 Å². The van der Waals surface area contributed by atoms with E-state index in [4.69, 9.17) is 0 Å². The molecule has 122 valence electrons. The van der Waals surface area contributed by atoms with Crippen molar-refractivity contribution >= 4 is 75.6 Å². The van der Waals surface area contributed by atoms with Crippen molar-refractivity contribution in [3.05, 3.63) is 29.0 Å². The number of amides is 1. The number of carbonyl (C=O) groups is 2. The fourth-order valence-electron chi connectivity index (χ4n) is 1.71. The van der Waals surface area contributed by atoms with E-state index in [0.29, 0.717) is 13.4 Å². The Bertz CT molecular complexity index is 619. The maximum atomic E-state index is 12.5. The number of aliphatic hydroxyl groups is 1. The van der Waals surface area contributed by atoms with Crippen LogP contribution < -0.4 is 5.32 Å². The summed E-state index contributed by atoms with van der Waals surface area (Å²) in [6.07, 6.45) is 0. The zero-order chi connectivity index (χ0) is 17.2. The van der Waals surface area contributed by atoms with Gasteiger partial charge in [0.25, 0.3) is 5.91 Å². The number of carboxylic acid groups (broad SMARTS) is 1. The molecule has 0 fully saturated rings. The topological polar surface area (TPSA) is 86.6 Å². The van der Waals surface area contributed by atoms with Gasteiger partial charge in [0.1, 0.15) is 0 Å². The van der Waals surface area contributed by atoms with Gasteiger partial charge in [0.05, 0.1) is 23.8 Å². The molecule has 1 aromatic carbocycles. The van der Waals surface area contributed by atoms with Gasteiger partial charge in [-0.2, -0.15) is 0 Å². The fraction of sp³-hybridized carbons (Fsp3) is 0.385. The van der Waals surface area contributed by atoms with Crippen LogP contribution in [0.5, 0.6) is 0 Å². The number of hydrogen-bond donors (Lipinski definition) is 3. The summed E-state index contributed by atoms with van der Waals surface area (Å²) >= 11 is 13.0. The normalized spacial score (nSPS) is 12.4. The van der Waals surface area contributed by atoms with E-state index in [1.165, 1.54) is 0 Å². The van der Waals surface area contributed by atoms with Crippen LogP contribution in [0, 0.1) is 5.92 Å². The lowest BCUT2D eigenvalue weighted by Crippen LogP contribution is -2.41. The first kappa shape index (κ1) is 20.1. The standard InChI is InChI=1S/C13H13Br4NO4/c1-4(2)5(3-19)18-12(20)6-7(13(21)22)9(15)11(17)10(16)8(6)14/h4-5,19H,3H2,1-2H3,(H,18,20)(H,21,22)/t5-/m0/s1. The number of rotatable bonds is 5. The Morgan fingerprint density at radius 2 is 1.45 bits per heavy atom. The molecule has 0 bridgehead atoms. The average molecular weight is 567 g/mol. The highest BCUT2D eigenvalue weighted by atomic mass is 79.9. The number of carboxylic acids is 1. The molecule has 5 nitrogen and oxygen atoms in total. The number of hydrogen-bond acceptors (Lipinski definition) is 3. The molecule has 0 unspecified atom stereocenters. The van der Waals surface area contributed by atoms with Gasteiger partial charge >= 0.3 is 5.97 Å². The third-order valence-electron chi connectivity index (χ3n) is 3.03. The maximum absolute atomic E-state index is 12.5. The van der Waals surface area contributed by atoms with Crippen LogP contribution in [0.1, 0.15) is 34.6 Å². The van der Waals surface area contributed by atoms with Gasteiger partial charge in [0, 0.05) is 17.9 Å². The van der Waals surface area contributed by atoms with Crippen molar-refractivity contribution in [2.75, 3.05) is 6.61 Å². The minimum atomic E-state index is -1.24. The number of nitrogens with one attached hydrogen (secondary N) is 1. The molecule has 1 rings (SSSR count). The molecule has 1 atom stereocenters. The van der Waals surface area contributed by atoms with Crippen LogP contribution in [0.15, 0.2) is 17.9 Å². The number of benzene rings is 1. The van der Waals surface area contributed by atoms with Crippen LogP contribution in [0.3, 0.4) is 0 Å². The van der Waals surface area contributed by atoms with Crippen LogP contribution in [0.25, 0.3) is 0 Å². The van der Waals surface area contributed by atoms with E-state index >= 15 is 0 Å². The third kappa shape index (κ3) is 4.11. The monoisotopic (exact) mass is 563 g/mol. The first-order chi connectivity index (χ1) is 10.1. The van der Waals surface area contributed by atoms with E-state index < -0.39 is 17.9 Å². The smallest absolute Gasteiger partial charge is 0.337 e. The Morgan fingerprint density at radius 3 is 1.82 bits per heavy atom. The van der Waals surface area contributed by atoms with Crippen LogP contribution in [-0.4, -0.2) is 34.7 Å². The zero-order valence-corrected chi connectivity index (χ0v) is 17.9. The predicted molar refractivity (Wildman–Crippen MR) is 97.4 cm³/mol. The molecule has 22 heavy (non-hydrogen) atoms. The molecule has 3 N–H and O–H groups in total. The van der Waals surface area contributed by atoms with E-state index in [9.17, 15) is 19.8 Å². The first-order valence-corrected chi connectivity index (χ1v) is 9.31. The van der Waals surface area contributed by atoms with Gasteiger partial charge in [-0.05, 0) is 69.6 Å². The fourth-order valence-corrected chi connectivity index (χ4v) is 4.18. The molecule has 0 heterocycles. The van der Waals surface area contributed by atoms with E-state index in [1.54, 1.807) is 0 Å². The summed E-state index contributed by atoms with van der Waals surface area (Å²) < 4.78 is 1.57. The van der Waals surface area contributed by atoms with E-state index in [-0.39, 0.29) is 28.1 Å². The zero-order valence-electron chi connectivity index (χ0n) is 11.6. The van der Waals surface area contributed by atoms with Gasteiger partial charge in [-0.1, -0.05) is 13.8 Å². The Kier molecular flexibility index (Phi) is 7.51. The van der Waals surface area contributed by atoms with Crippen LogP contribution in [-0.2, 0) is 0 Å². The minimum Gasteiger partial charge on any atom is -0.478 e. The number of aliphatic hydroxyl groups excluding tert-OH is 1. The molecule has 0 aliphatic heterocycles. The average Bonchev–Trinajstić information content (AvgIpc) is 2.44. The van der Waals surface area contributed by atoms with Crippen molar-refractivity contribution in [2.45, 2.75) is 19.9 Å². The molecular weight excluding hydrogens is 554 g/mol. The molecule has 0 saturated carbocycles. The quantitative estimate of drug-likeness (QED) is 0.369. The molecule has 0 aliphatic carbocycles. The van der Waals surface area contributed by atoms with Crippen molar-refractivity contribution < 1.29 is 19.8 Å². The summed E-state index contributed by atoms with van der Waals surface area (Å²) in [4.78, 5) is 24.0. The minimum absolute atomic E-state index is 0.00309. The van der Waals surface area contributed by atoms with Crippen molar-refractivity contribution in [3.63, 3.8) is 0 Å². The van der Waals surface area contributed by atoms with Crippen LogP contribution in [0.4, 0.5) is 0 Å². The summed E-state index contributed by atoms with van der Waals surface area (Å²) in [5.41, 5.74) is -0.187. The lowest BCUT2D eigenvalue weighted by atomic mass is 10.0. The summed E-state index contributed by atoms with van der Waals surface area (Å²) in [7, 11) is 0. The Hall–Kier alpha value is 0.0400. The summed E-state index contributed by atoms with van der Waals surface area (Å²) in [6.45, 7) is 3.46. The SMILES string of the molecule is CC(C)[C@H](CO)NC(=O)c1c(Br)c(Br)c(Br)c(Br)c1C(=O)O. The Morgan fingerprint density at radius 1 is 1.00 bits per heavy atom. The molecule has 9 heteroatoms. The van der Waals surface area contributed by atoms with Crippen LogP contribution in [0.2, 0.25) is 0 Å². The maximum Gasteiger partial charge on any atom is 0.337 e. The highest BCUT2D eigenvalue weighted by Gasteiger charge is 2.29. The Balaban J connectivity index is 3.46. The first-order valence-electron chi connectivity index (χ1n) is 6.14. The van der Waals surface area contributed by atoms with Gasteiger partial charge < -0.3 is 15.5 Å². The number of aromatic carboxylic acids is 1. The lowest BCUT2D eigenvalue weighted by Gasteiger charge is -2.22. The molecule has 0 spiro atoms. The Labute approximate surface area is 161 Å². The van der Waals surface area contributed by atoms with Gasteiger partial charge in [-0.15, -0.1) is 0 Å². The van der Waals surface area contributed by atoms with Gasteiger partial charge in [-0.25, -0.2) is 4.79 Å². The van der Waals surface area contributed by atoms with Gasteiger partial charge in [-0.3, -0.25) is 4.79 Å². The summed E-state index contributed by atoms with van der Waals surface area (Å²) in [5, 5.41) is 21.4. The number of carbonyl (C=O) groups excluding carboxylic acids is 1. The third-order valence-corrected chi connectivity index (χ3v) is 7.79. The number of halogens is 4. The van der Waals surface area contributed by atoms with Gasteiger partial charge in [0.2, 0.25) is 0 Å². The highest BCUT2D eigenvalue weighted by Crippen LogP contribution is 2.42. The van der Waals surface area contributed by atoms with Crippen LogP contribution >= 0.6 is 63.7 Å². The van der Waals surface area contributed by atoms with Crippen molar-refractivity contribution in [3.8, 4) is 0 Å². The predicted octanol–water partition coefficient (Wildman–Crippen LogP) is 4.18. The van der Waals surface area contributed by atoms with E-state index in [0.717, 1.165) is 0 Å². The van der Waals surface area contributed by atoms with E-state index in [2.05, 4.69) is 69.0 Å². The molecule has 0 aliphatic rings. The molecule has 0 saturated heterocycles. The second kappa shape index (κ2) is 8.23. The lowest BCUT2D eigenvalue weighted by molar-refractivity contribution is 0.0688. The summed E-state index contributed by atoms with van der Waals surface area (Å²) in [6, 6.07) is -0.470. The molecular formula is C13H13Br4NO4. The summed E-state index contributed by atoms with van der Waals surface area (Å²) in [5.74, 6) is -1.81. The van der Waals surface area contributed by atoms with Crippen molar-refractivity contribution in [2.24, 2.45) is 5.92 Å². The molecule has 1 aromatic rings. The molecule has 1 amide bonds. The van der Waals surface area contributed by atoms with E-state index in [1.807, 2.05) is 13.8 Å².